The maximum atomic E-state index is 14.1. The van der Waals surface area contributed by atoms with E-state index < -0.39 is 137 Å². The van der Waals surface area contributed by atoms with Gasteiger partial charge in [0.1, 0.15) is 14.7 Å². The summed E-state index contributed by atoms with van der Waals surface area (Å²) in [6.45, 7) is 0. The van der Waals surface area contributed by atoms with Gasteiger partial charge in [-0.15, -0.1) is 0 Å². The highest BCUT2D eigenvalue weighted by Crippen LogP contribution is 2.36. The van der Waals surface area contributed by atoms with Crippen molar-refractivity contribution in [3.63, 3.8) is 0 Å². The minimum Gasteiger partial charge on any atom is -0.324 e. The fourth-order valence-corrected chi connectivity index (χ4v) is 9.30. The van der Waals surface area contributed by atoms with E-state index in [2.05, 4.69) is 61.7 Å². The van der Waals surface area contributed by atoms with E-state index in [9.17, 15) is 69.6 Å². The Morgan fingerprint density at radius 2 is 1.00 bits per heavy atom. The van der Waals surface area contributed by atoms with Crippen LogP contribution in [0.2, 0.25) is 10.6 Å². The van der Waals surface area contributed by atoms with Crippen LogP contribution < -0.4 is 26.7 Å². The smallest absolute Gasteiger partial charge is 0.296 e. The van der Waals surface area contributed by atoms with Gasteiger partial charge in [0.25, 0.3) is 50.6 Å². The Morgan fingerprint density at radius 1 is 0.478 bits per heavy atom. The molecule has 0 fully saturated rings. The minimum atomic E-state index is -5.41. The lowest BCUT2D eigenvalue weighted by atomic mass is 9.93. The number of allylic oxidation sites excluding steroid dienone is 1. The number of carbonyl (C=O) groups is 1. The Bertz CT molecular complexity index is 3810. The van der Waals surface area contributed by atoms with E-state index in [-0.39, 0.29) is 23.3 Å². The fraction of sp³-hybridized carbons (Fsp3) is 0. The van der Waals surface area contributed by atoms with Gasteiger partial charge in [-0.3, -0.25) is 33.0 Å². The SMILES string of the molecule is O=C1/C(=N/Nc2ccccc2S(=O)(=O)O)C(S(=O)(=O)O)=Cc2cc(S(=O)(=O)O)cc(Nc3nc(Cl)nc(Nc4cc(Nc5nc(Cl)nc(Nc6cccc(S(=O)(=O)O)c6)n5)ccc4S(=O)(=O)O)n3)c21. The van der Waals surface area contributed by atoms with Crippen LogP contribution in [0.5, 0.6) is 0 Å². The largest absolute Gasteiger partial charge is 0.324 e. The molecular weight excluding hydrogens is 1060 g/mol. The van der Waals surface area contributed by atoms with Crippen LogP contribution in [0.15, 0.2) is 108 Å². The number of benzene rings is 4. The first-order valence-electron chi connectivity index (χ1n) is 17.9. The second-order valence-corrected chi connectivity index (χ2v) is 21.1. The molecule has 6 aromatic rings. The van der Waals surface area contributed by atoms with Gasteiger partial charge < -0.3 is 21.3 Å². The topological polar surface area (TPSA) is 439 Å². The monoisotopic (exact) mass is 1090 g/mol. The normalized spacial score (nSPS) is 13.9. The number of aromatic nitrogens is 6. The van der Waals surface area contributed by atoms with E-state index in [0.29, 0.717) is 18.2 Å². The van der Waals surface area contributed by atoms with E-state index in [1.807, 2.05) is 0 Å². The molecular formula is C34H24Cl2N12O16S5. The fourth-order valence-electron chi connectivity index (χ4n) is 5.98. The van der Waals surface area contributed by atoms with Crippen molar-refractivity contribution in [2.45, 2.75) is 19.6 Å². The number of rotatable bonds is 15. The van der Waals surface area contributed by atoms with Gasteiger partial charge in [-0.2, -0.15) is 77.1 Å². The average Bonchev–Trinajstić information content (AvgIpc) is 3.21. The number of carbonyl (C=O) groups excluding carboxylic acids is 1. The highest BCUT2D eigenvalue weighted by Gasteiger charge is 2.36. The first-order valence-corrected chi connectivity index (χ1v) is 25.9. The van der Waals surface area contributed by atoms with Gasteiger partial charge in [0.15, 0.2) is 5.71 Å². The maximum absolute atomic E-state index is 14.1. The van der Waals surface area contributed by atoms with Gasteiger partial charge in [0.2, 0.25) is 40.1 Å². The summed E-state index contributed by atoms with van der Waals surface area (Å²) in [4.78, 5) is 33.7. The predicted octanol–water partition coefficient (Wildman–Crippen LogP) is 4.22. The molecule has 35 heteroatoms. The summed E-state index contributed by atoms with van der Waals surface area (Å²) in [6, 6.07) is 13.8. The molecule has 0 saturated carbocycles. The van der Waals surface area contributed by atoms with E-state index in [4.69, 9.17) is 23.2 Å². The first kappa shape index (κ1) is 50.0. The second-order valence-electron chi connectivity index (χ2n) is 13.5. The van der Waals surface area contributed by atoms with Gasteiger partial charge >= 0.3 is 0 Å². The summed E-state index contributed by atoms with van der Waals surface area (Å²) in [6.07, 6.45) is 0.583. The van der Waals surface area contributed by atoms with Gasteiger partial charge in [-0.25, -0.2) is 0 Å². The van der Waals surface area contributed by atoms with Crippen molar-refractivity contribution in [1.82, 2.24) is 29.9 Å². The molecule has 2 heterocycles. The summed E-state index contributed by atoms with van der Waals surface area (Å²) in [5.41, 5.74) is -1.64. The van der Waals surface area contributed by atoms with E-state index in [0.717, 1.165) is 42.5 Å². The number of fused-ring (bicyclic) bond motifs is 1. The first-order chi connectivity index (χ1) is 32.0. The van der Waals surface area contributed by atoms with Gasteiger partial charge in [0, 0.05) is 11.4 Å². The Hall–Kier alpha value is -6.89. The van der Waals surface area contributed by atoms with Crippen LogP contribution in [0.3, 0.4) is 0 Å². The quantitative estimate of drug-likeness (QED) is 0.0508. The molecule has 28 nitrogen and oxygen atoms in total. The Kier molecular flexibility index (Phi) is 13.4. The Balaban J connectivity index is 1.25. The van der Waals surface area contributed by atoms with Crippen molar-refractivity contribution >= 4 is 144 Å². The zero-order valence-corrected chi connectivity index (χ0v) is 38.8. The third kappa shape index (κ3) is 11.9. The van der Waals surface area contributed by atoms with Crippen molar-refractivity contribution in [3.05, 3.63) is 105 Å². The molecule has 0 saturated heterocycles. The number of hydrogen-bond acceptors (Lipinski definition) is 23. The molecule has 0 unspecified atom stereocenters. The number of hydrazone groups is 1. The molecule has 0 atom stereocenters. The summed E-state index contributed by atoms with van der Waals surface area (Å²) in [7, 11) is -25.1. The summed E-state index contributed by atoms with van der Waals surface area (Å²) < 4.78 is 171. The van der Waals surface area contributed by atoms with Crippen LogP contribution in [-0.4, -0.2) is 106 Å². The number of nitrogens with zero attached hydrogens (tertiary/aromatic N) is 7. The minimum absolute atomic E-state index is 0.0112. The Morgan fingerprint density at radius 3 is 1.55 bits per heavy atom. The van der Waals surface area contributed by atoms with Crippen molar-refractivity contribution in [2.75, 3.05) is 26.7 Å². The molecule has 0 spiro atoms. The molecule has 4 aromatic carbocycles. The number of nitrogens with one attached hydrogen (secondary N) is 5. The summed E-state index contributed by atoms with van der Waals surface area (Å²) in [5.74, 6) is -3.17. The molecule has 1 aliphatic rings. The third-order valence-corrected chi connectivity index (χ3v) is 13.5. The third-order valence-electron chi connectivity index (χ3n) is 8.74. The van der Waals surface area contributed by atoms with Crippen molar-refractivity contribution in [1.29, 1.82) is 0 Å². The Labute approximate surface area is 397 Å². The van der Waals surface area contributed by atoms with E-state index >= 15 is 0 Å². The van der Waals surface area contributed by atoms with Crippen molar-refractivity contribution in [3.8, 4) is 0 Å². The lowest BCUT2D eigenvalue weighted by Gasteiger charge is -2.20. The summed E-state index contributed by atoms with van der Waals surface area (Å²) >= 11 is 12.3. The molecule has 0 aliphatic heterocycles. The molecule has 1 aliphatic carbocycles. The number of para-hydroxylation sites is 1. The molecule has 7 rings (SSSR count). The van der Waals surface area contributed by atoms with Crippen LogP contribution in [0.4, 0.5) is 52.2 Å². The summed E-state index contributed by atoms with van der Waals surface area (Å²) in [5, 5.41) is 13.0. The zero-order valence-electron chi connectivity index (χ0n) is 33.2. The van der Waals surface area contributed by atoms with Crippen molar-refractivity contribution < 1.29 is 69.6 Å². The van der Waals surface area contributed by atoms with Crippen LogP contribution in [0, 0.1) is 0 Å². The predicted molar refractivity (Wildman–Crippen MR) is 243 cm³/mol. The number of Topliss-reactive ketones (excluding diaryl/α,β-unsaturated/α-hetero) is 1. The number of hydrogen-bond donors (Lipinski definition) is 10. The van der Waals surface area contributed by atoms with E-state index in [1.165, 1.54) is 24.3 Å². The van der Waals surface area contributed by atoms with Crippen molar-refractivity contribution in [2.24, 2.45) is 5.10 Å². The molecule has 360 valence electrons. The highest BCUT2D eigenvalue weighted by atomic mass is 35.5. The molecule has 0 radical (unpaired) electrons. The van der Waals surface area contributed by atoms with Crippen LogP contribution in [0.25, 0.3) is 6.08 Å². The van der Waals surface area contributed by atoms with Gasteiger partial charge in [0.05, 0.1) is 32.4 Å². The lowest BCUT2D eigenvalue weighted by Crippen LogP contribution is -2.28. The van der Waals surface area contributed by atoms with Crippen LogP contribution >= 0.6 is 23.2 Å². The molecule has 2 aromatic heterocycles. The number of halogens is 2. The van der Waals surface area contributed by atoms with Crippen LogP contribution in [0.1, 0.15) is 15.9 Å². The lowest BCUT2D eigenvalue weighted by molar-refractivity contribution is 0.106. The maximum Gasteiger partial charge on any atom is 0.296 e. The number of ketones is 1. The molecule has 10 N–H and O–H groups in total. The highest BCUT2D eigenvalue weighted by molar-refractivity contribution is 7.91. The standard InChI is InChI=1S/C34H24Cl2N12O16S5/c35-29-41-31(37-16-4-3-5-18(12-16)65(50,51)52)45-32(42-29)38-17-8-9-24(68(59,60)61)21(13-17)39-33-43-30(36)44-34(46-33)40-22-14-19(66(53,54)55)10-15-11-25(69(62,63)64)27(28(49)26(15)22)48-47-20-6-1-2-7-23(20)67(56,57)58/h1-14,47H,(H,50,51,52)(H,53,54,55)(H,56,57,58)(H,59,60,61)(H,62,63,64)(H2,37,38,41,42,45)(H2,39,40,43,44,46)/b48-27+. The zero-order chi connectivity index (χ0) is 50.4. The molecule has 0 amide bonds. The van der Waals surface area contributed by atoms with E-state index in [1.54, 1.807) is 0 Å². The van der Waals surface area contributed by atoms with Gasteiger partial charge in [-0.05, 0) is 95.5 Å². The average molecular weight is 1090 g/mol. The number of anilines is 9. The van der Waals surface area contributed by atoms with Crippen LogP contribution in [-0.2, 0) is 50.6 Å². The van der Waals surface area contributed by atoms with Gasteiger partial charge in [-0.1, -0.05) is 18.2 Å². The second kappa shape index (κ2) is 18.5. The molecule has 69 heavy (non-hydrogen) atoms. The molecule has 0 bridgehead atoms.